The Morgan fingerprint density at radius 3 is 2.68 bits per heavy atom. The van der Waals surface area contributed by atoms with Crippen molar-refractivity contribution in [2.45, 2.75) is 46.2 Å². The highest BCUT2D eigenvalue weighted by Gasteiger charge is 2.18. The normalized spacial score (nSPS) is 12.9. The molecular weight excluding hydrogens is 322 g/mol. The molecule has 2 aromatic heterocycles. The van der Waals surface area contributed by atoms with Gasteiger partial charge >= 0.3 is 0 Å². The number of hydrogen-bond acceptors (Lipinski definition) is 3. The topological polar surface area (TPSA) is 43.8 Å². The quantitative estimate of drug-likeness (QED) is 0.897. The molecule has 2 rings (SSSR count). The van der Waals surface area contributed by atoms with E-state index in [1.54, 1.807) is 11.3 Å². The molecule has 0 aliphatic carbocycles. The summed E-state index contributed by atoms with van der Waals surface area (Å²) in [6, 6.07) is 0.0363. The van der Waals surface area contributed by atoms with Crippen molar-refractivity contribution >= 4 is 27.3 Å². The number of rotatable bonds is 5. The Labute approximate surface area is 126 Å². The minimum absolute atomic E-state index is 0.0363. The molecule has 0 aliphatic heterocycles. The zero-order chi connectivity index (χ0) is 14.0. The Kier molecular flexibility index (Phi) is 4.81. The van der Waals surface area contributed by atoms with Crippen molar-refractivity contribution in [3.05, 3.63) is 37.7 Å². The predicted octanol–water partition coefficient (Wildman–Crippen LogP) is 3.84. The smallest absolute Gasteiger partial charge is 0.0766 e. The summed E-state index contributed by atoms with van der Waals surface area (Å²) >= 11 is 5.39. The van der Waals surface area contributed by atoms with E-state index in [9.17, 15) is 0 Å². The lowest BCUT2D eigenvalue weighted by Gasteiger charge is -2.13. The van der Waals surface area contributed by atoms with E-state index >= 15 is 0 Å². The first-order chi connectivity index (χ1) is 9.08. The molecule has 104 valence electrons. The molecule has 3 nitrogen and oxygen atoms in total. The maximum atomic E-state index is 6.36. The molecule has 2 N–H and O–H groups in total. The minimum Gasteiger partial charge on any atom is -0.324 e. The molecule has 5 heteroatoms. The van der Waals surface area contributed by atoms with Gasteiger partial charge in [-0.1, -0.05) is 6.92 Å². The number of aryl methyl sites for hydroxylation is 3. The fourth-order valence-electron chi connectivity index (χ4n) is 2.28. The monoisotopic (exact) mass is 341 g/mol. The molecule has 0 saturated carbocycles. The van der Waals surface area contributed by atoms with Crippen LogP contribution >= 0.6 is 27.3 Å². The van der Waals surface area contributed by atoms with Gasteiger partial charge in [0.05, 0.1) is 15.9 Å². The standard InChI is InChI=1S/C14H20BrN3S/c1-4-12-14(15)13(18(5-2)17-12)6-11(16)10-8-19-7-9(10)3/h7-8,11H,4-6,16H2,1-3H3. The average Bonchev–Trinajstić information content (AvgIpc) is 2.95. The molecule has 0 spiro atoms. The van der Waals surface area contributed by atoms with Crippen LogP contribution in [0.3, 0.4) is 0 Å². The van der Waals surface area contributed by atoms with Crippen LogP contribution in [0, 0.1) is 6.92 Å². The first-order valence-corrected chi connectivity index (χ1v) is 8.34. The van der Waals surface area contributed by atoms with E-state index in [4.69, 9.17) is 5.73 Å². The molecule has 2 heterocycles. The van der Waals surface area contributed by atoms with Gasteiger partial charge in [0.1, 0.15) is 0 Å². The van der Waals surface area contributed by atoms with Gasteiger partial charge in [-0.2, -0.15) is 16.4 Å². The van der Waals surface area contributed by atoms with Crippen molar-refractivity contribution in [3.63, 3.8) is 0 Å². The number of halogens is 1. The molecule has 0 aromatic carbocycles. The Hall–Kier alpha value is -0.650. The predicted molar refractivity (Wildman–Crippen MR) is 84.7 cm³/mol. The van der Waals surface area contributed by atoms with Gasteiger partial charge in [0.25, 0.3) is 0 Å². The maximum Gasteiger partial charge on any atom is 0.0766 e. The largest absolute Gasteiger partial charge is 0.324 e. The van der Waals surface area contributed by atoms with Crippen LogP contribution in [-0.4, -0.2) is 9.78 Å². The molecule has 0 bridgehead atoms. The zero-order valence-corrected chi connectivity index (χ0v) is 14.0. The maximum absolute atomic E-state index is 6.36. The Balaban J connectivity index is 2.28. The van der Waals surface area contributed by atoms with E-state index in [-0.39, 0.29) is 6.04 Å². The fourth-order valence-corrected chi connectivity index (χ4v) is 3.92. The highest BCUT2D eigenvalue weighted by Crippen LogP contribution is 2.28. The highest BCUT2D eigenvalue weighted by atomic mass is 79.9. The van der Waals surface area contributed by atoms with Crippen LogP contribution in [0.25, 0.3) is 0 Å². The zero-order valence-electron chi connectivity index (χ0n) is 11.6. The Morgan fingerprint density at radius 2 is 2.16 bits per heavy atom. The van der Waals surface area contributed by atoms with Gasteiger partial charge in [0.15, 0.2) is 0 Å². The minimum atomic E-state index is 0.0363. The van der Waals surface area contributed by atoms with E-state index < -0.39 is 0 Å². The van der Waals surface area contributed by atoms with Gasteiger partial charge in [-0.05, 0) is 58.1 Å². The molecule has 19 heavy (non-hydrogen) atoms. The lowest BCUT2D eigenvalue weighted by Crippen LogP contribution is -2.16. The summed E-state index contributed by atoms with van der Waals surface area (Å²) < 4.78 is 3.19. The van der Waals surface area contributed by atoms with Crippen LogP contribution in [0.2, 0.25) is 0 Å². The van der Waals surface area contributed by atoms with Crippen molar-refractivity contribution in [3.8, 4) is 0 Å². The summed E-state index contributed by atoms with van der Waals surface area (Å²) in [4.78, 5) is 0. The summed E-state index contributed by atoms with van der Waals surface area (Å²) in [5.41, 5.74) is 11.2. The number of hydrogen-bond donors (Lipinski definition) is 1. The third kappa shape index (κ3) is 2.93. The summed E-state index contributed by atoms with van der Waals surface area (Å²) in [6.45, 7) is 7.24. The molecule has 0 fully saturated rings. The van der Waals surface area contributed by atoms with Crippen molar-refractivity contribution in [1.29, 1.82) is 0 Å². The van der Waals surface area contributed by atoms with Crippen LogP contribution in [0.1, 0.15) is 42.4 Å². The van der Waals surface area contributed by atoms with Crippen LogP contribution in [-0.2, 0) is 19.4 Å². The van der Waals surface area contributed by atoms with E-state index in [0.717, 1.165) is 29.6 Å². The molecule has 1 unspecified atom stereocenters. The fraction of sp³-hybridized carbons (Fsp3) is 0.500. The third-order valence-electron chi connectivity index (χ3n) is 3.40. The average molecular weight is 342 g/mol. The van der Waals surface area contributed by atoms with E-state index in [1.165, 1.54) is 16.8 Å². The van der Waals surface area contributed by atoms with E-state index in [2.05, 4.69) is 57.2 Å². The number of thiophene rings is 1. The van der Waals surface area contributed by atoms with Crippen LogP contribution < -0.4 is 5.73 Å². The second kappa shape index (κ2) is 6.20. The molecule has 0 aliphatic rings. The van der Waals surface area contributed by atoms with Gasteiger partial charge in [-0.15, -0.1) is 0 Å². The second-order valence-corrected chi connectivity index (χ2v) is 6.23. The molecular formula is C14H20BrN3S. The van der Waals surface area contributed by atoms with Crippen LogP contribution in [0.15, 0.2) is 15.2 Å². The van der Waals surface area contributed by atoms with Gasteiger partial charge in [0.2, 0.25) is 0 Å². The SMILES string of the molecule is CCc1nn(CC)c(CC(N)c2cscc2C)c1Br. The third-order valence-corrected chi connectivity index (χ3v) is 5.20. The van der Waals surface area contributed by atoms with E-state index in [1.807, 2.05) is 0 Å². The number of nitrogens with two attached hydrogens (primary N) is 1. The van der Waals surface area contributed by atoms with Crippen molar-refractivity contribution in [2.75, 3.05) is 0 Å². The molecule has 0 saturated heterocycles. The first-order valence-electron chi connectivity index (χ1n) is 6.60. The number of nitrogens with zero attached hydrogens (tertiary/aromatic N) is 2. The molecule has 0 radical (unpaired) electrons. The number of aromatic nitrogens is 2. The summed E-state index contributed by atoms with van der Waals surface area (Å²) in [5.74, 6) is 0. The van der Waals surface area contributed by atoms with Crippen molar-refractivity contribution < 1.29 is 0 Å². The molecule has 1 atom stereocenters. The lowest BCUT2D eigenvalue weighted by molar-refractivity contribution is 0.584. The van der Waals surface area contributed by atoms with Crippen molar-refractivity contribution in [1.82, 2.24) is 9.78 Å². The Bertz CT molecular complexity index is 559. The van der Waals surface area contributed by atoms with Gasteiger partial charge in [-0.25, -0.2) is 0 Å². The summed E-state index contributed by atoms with van der Waals surface area (Å²) in [5, 5.41) is 8.93. The van der Waals surface area contributed by atoms with Crippen molar-refractivity contribution in [2.24, 2.45) is 5.73 Å². The highest BCUT2D eigenvalue weighted by molar-refractivity contribution is 9.10. The van der Waals surface area contributed by atoms with E-state index in [0.29, 0.717) is 0 Å². The summed E-state index contributed by atoms with van der Waals surface area (Å²) in [6.07, 6.45) is 1.76. The van der Waals surface area contributed by atoms with Gasteiger partial charge in [-0.3, -0.25) is 4.68 Å². The molecule has 2 aromatic rings. The first kappa shape index (κ1) is 14.8. The molecule has 0 amide bonds. The lowest BCUT2D eigenvalue weighted by atomic mass is 10.0. The second-order valence-electron chi connectivity index (χ2n) is 4.70. The van der Waals surface area contributed by atoms with Gasteiger partial charge in [0, 0.05) is 19.0 Å². The Morgan fingerprint density at radius 1 is 1.42 bits per heavy atom. The van der Waals surface area contributed by atoms with Gasteiger partial charge < -0.3 is 5.73 Å². The van der Waals surface area contributed by atoms with Crippen LogP contribution in [0.4, 0.5) is 0 Å². The summed E-state index contributed by atoms with van der Waals surface area (Å²) in [7, 11) is 0. The van der Waals surface area contributed by atoms with Crippen LogP contribution in [0.5, 0.6) is 0 Å².